The standard InChI is InChI=1S/C10H14N4O2/c1-6-2-9(14(15)16)10(12-5-6)13-8-3-7(11)4-8/h2,5,7-8H,3-4,11H2,1H3,(H,12,13). The molecule has 0 bridgehead atoms. The molecule has 1 aliphatic carbocycles. The monoisotopic (exact) mass is 222 g/mol. The summed E-state index contributed by atoms with van der Waals surface area (Å²) in [5, 5.41) is 13.9. The molecule has 1 saturated carbocycles. The Morgan fingerprint density at radius 1 is 1.62 bits per heavy atom. The van der Waals surface area contributed by atoms with E-state index in [2.05, 4.69) is 10.3 Å². The Hall–Kier alpha value is -1.69. The minimum atomic E-state index is -0.416. The largest absolute Gasteiger partial charge is 0.361 e. The fourth-order valence-electron chi connectivity index (χ4n) is 1.78. The van der Waals surface area contributed by atoms with Crippen LogP contribution >= 0.6 is 0 Å². The van der Waals surface area contributed by atoms with Crippen molar-refractivity contribution in [1.82, 2.24) is 4.98 Å². The smallest absolute Gasteiger partial charge is 0.311 e. The summed E-state index contributed by atoms with van der Waals surface area (Å²) in [5.74, 6) is 0.340. The Labute approximate surface area is 93.0 Å². The fraction of sp³-hybridized carbons (Fsp3) is 0.500. The molecule has 1 fully saturated rings. The first-order valence-corrected chi connectivity index (χ1v) is 5.19. The van der Waals surface area contributed by atoms with Crippen LogP contribution < -0.4 is 11.1 Å². The molecular formula is C10H14N4O2. The van der Waals surface area contributed by atoms with Gasteiger partial charge in [0.25, 0.3) is 0 Å². The Morgan fingerprint density at radius 3 is 2.88 bits per heavy atom. The number of aryl methyl sites for hydroxylation is 1. The number of hydrogen-bond acceptors (Lipinski definition) is 5. The van der Waals surface area contributed by atoms with Crippen LogP contribution in [0, 0.1) is 17.0 Å². The van der Waals surface area contributed by atoms with Gasteiger partial charge in [-0.1, -0.05) is 0 Å². The number of rotatable bonds is 3. The second kappa shape index (κ2) is 4.05. The van der Waals surface area contributed by atoms with Crippen LogP contribution in [0.15, 0.2) is 12.3 Å². The Kier molecular flexibility index (Phi) is 2.74. The predicted octanol–water partition coefficient (Wildman–Crippen LogP) is 1.20. The lowest BCUT2D eigenvalue weighted by atomic mass is 9.87. The van der Waals surface area contributed by atoms with Crippen LogP contribution in [0.5, 0.6) is 0 Å². The summed E-state index contributed by atoms with van der Waals surface area (Å²) in [6.45, 7) is 1.78. The maximum Gasteiger partial charge on any atom is 0.311 e. The average Bonchev–Trinajstić information content (AvgIpc) is 2.17. The van der Waals surface area contributed by atoms with Crippen LogP contribution in [0.4, 0.5) is 11.5 Å². The highest BCUT2D eigenvalue weighted by atomic mass is 16.6. The van der Waals surface area contributed by atoms with Crippen molar-refractivity contribution in [3.05, 3.63) is 27.9 Å². The second-order valence-electron chi connectivity index (χ2n) is 4.21. The maximum atomic E-state index is 10.8. The molecule has 0 saturated heterocycles. The number of nitrogens with two attached hydrogens (primary N) is 1. The highest BCUT2D eigenvalue weighted by Gasteiger charge is 2.28. The Balaban J connectivity index is 2.16. The molecule has 1 aromatic heterocycles. The summed E-state index contributed by atoms with van der Waals surface area (Å²) < 4.78 is 0. The van der Waals surface area contributed by atoms with Crippen molar-refractivity contribution in [2.24, 2.45) is 5.73 Å². The minimum absolute atomic E-state index is 0.0282. The number of pyridine rings is 1. The average molecular weight is 222 g/mol. The van der Waals surface area contributed by atoms with E-state index in [1.165, 1.54) is 6.07 Å². The number of nitrogens with one attached hydrogen (secondary N) is 1. The second-order valence-corrected chi connectivity index (χ2v) is 4.21. The van der Waals surface area contributed by atoms with Gasteiger partial charge in [-0.3, -0.25) is 10.1 Å². The lowest BCUT2D eigenvalue weighted by Crippen LogP contribution is -2.44. The number of nitrogens with zero attached hydrogens (tertiary/aromatic N) is 2. The van der Waals surface area contributed by atoms with Crippen molar-refractivity contribution >= 4 is 11.5 Å². The molecule has 3 N–H and O–H groups in total. The van der Waals surface area contributed by atoms with Crippen LogP contribution in [0.25, 0.3) is 0 Å². The quantitative estimate of drug-likeness (QED) is 0.592. The summed E-state index contributed by atoms with van der Waals surface area (Å²) >= 11 is 0. The molecular weight excluding hydrogens is 208 g/mol. The van der Waals surface area contributed by atoms with E-state index in [0.717, 1.165) is 18.4 Å². The SMILES string of the molecule is Cc1cnc(NC2CC(N)C2)c([N+](=O)[O-])c1. The van der Waals surface area contributed by atoms with Gasteiger partial charge in [-0.05, 0) is 25.3 Å². The minimum Gasteiger partial charge on any atom is -0.361 e. The van der Waals surface area contributed by atoms with Crippen molar-refractivity contribution in [2.75, 3.05) is 5.32 Å². The molecule has 86 valence electrons. The van der Waals surface area contributed by atoms with Crippen molar-refractivity contribution < 1.29 is 4.92 Å². The molecule has 6 heteroatoms. The number of anilines is 1. The Bertz CT molecular complexity index is 415. The molecule has 0 radical (unpaired) electrons. The van der Waals surface area contributed by atoms with Gasteiger partial charge >= 0.3 is 5.69 Å². The van der Waals surface area contributed by atoms with Crippen LogP contribution in [-0.2, 0) is 0 Å². The highest BCUT2D eigenvalue weighted by Crippen LogP contribution is 2.27. The summed E-state index contributed by atoms with van der Waals surface area (Å²) in [5.41, 5.74) is 6.46. The topological polar surface area (TPSA) is 94.1 Å². The molecule has 6 nitrogen and oxygen atoms in total. The van der Waals surface area contributed by atoms with E-state index in [1.807, 2.05) is 0 Å². The molecule has 0 atom stereocenters. The van der Waals surface area contributed by atoms with E-state index in [0.29, 0.717) is 5.82 Å². The molecule has 1 heterocycles. The highest BCUT2D eigenvalue weighted by molar-refractivity contribution is 5.57. The van der Waals surface area contributed by atoms with Crippen LogP contribution in [0.1, 0.15) is 18.4 Å². The molecule has 0 spiro atoms. The van der Waals surface area contributed by atoms with Gasteiger partial charge in [0.2, 0.25) is 5.82 Å². The van der Waals surface area contributed by atoms with E-state index in [1.54, 1.807) is 13.1 Å². The lowest BCUT2D eigenvalue weighted by molar-refractivity contribution is -0.384. The molecule has 0 aliphatic heterocycles. The number of hydrogen-bond donors (Lipinski definition) is 2. The van der Waals surface area contributed by atoms with Crippen molar-refractivity contribution in [1.29, 1.82) is 0 Å². The molecule has 0 amide bonds. The predicted molar refractivity (Wildman–Crippen MR) is 60.2 cm³/mol. The molecule has 16 heavy (non-hydrogen) atoms. The first-order chi connectivity index (χ1) is 7.56. The zero-order valence-corrected chi connectivity index (χ0v) is 9.01. The fourth-order valence-corrected chi connectivity index (χ4v) is 1.78. The van der Waals surface area contributed by atoms with Gasteiger partial charge in [-0.2, -0.15) is 0 Å². The van der Waals surface area contributed by atoms with Crippen molar-refractivity contribution in [3.8, 4) is 0 Å². The lowest BCUT2D eigenvalue weighted by Gasteiger charge is -2.33. The summed E-state index contributed by atoms with van der Waals surface area (Å²) in [6.07, 6.45) is 3.30. The van der Waals surface area contributed by atoms with E-state index >= 15 is 0 Å². The first-order valence-electron chi connectivity index (χ1n) is 5.19. The number of nitro groups is 1. The van der Waals surface area contributed by atoms with Gasteiger partial charge in [0.05, 0.1) is 4.92 Å². The van der Waals surface area contributed by atoms with Crippen molar-refractivity contribution in [3.63, 3.8) is 0 Å². The third kappa shape index (κ3) is 2.11. The summed E-state index contributed by atoms with van der Waals surface area (Å²) in [6, 6.07) is 1.94. The van der Waals surface area contributed by atoms with Crippen LogP contribution in [0.2, 0.25) is 0 Å². The summed E-state index contributed by atoms with van der Waals surface area (Å²) in [7, 11) is 0. The third-order valence-electron chi connectivity index (χ3n) is 2.72. The molecule has 1 aliphatic rings. The first kappa shape index (κ1) is 10.8. The van der Waals surface area contributed by atoms with Crippen LogP contribution in [0.3, 0.4) is 0 Å². The third-order valence-corrected chi connectivity index (χ3v) is 2.72. The zero-order valence-electron chi connectivity index (χ0n) is 9.01. The van der Waals surface area contributed by atoms with Gasteiger partial charge in [0.1, 0.15) is 0 Å². The Morgan fingerprint density at radius 2 is 2.31 bits per heavy atom. The van der Waals surface area contributed by atoms with Gasteiger partial charge < -0.3 is 11.1 Å². The molecule has 2 rings (SSSR count). The van der Waals surface area contributed by atoms with E-state index < -0.39 is 4.92 Å². The van der Waals surface area contributed by atoms with E-state index in [-0.39, 0.29) is 17.8 Å². The van der Waals surface area contributed by atoms with E-state index in [9.17, 15) is 10.1 Å². The van der Waals surface area contributed by atoms with Gasteiger partial charge in [0.15, 0.2) is 0 Å². The van der Waals surface area contributed by atoms with Crippen molar-refractivity contribution in [2.45, 2.75) is 31.8 Å². The van der Waals surface area contributed by atoms with Crippen LogP contribution in [-0.4, -0.2) is 22.0 Å². The van der Waals surface area contributed by atoms with E-state index in [4.69, 9.17) is 5.73 Å². The zero-order chi connectivity index (χ0) is 11.7. The normalized spacial score (nSPS) is 23.6. The van der Waals surface area contributed by atoms with Gasteiger partial charge in [-0.25, -0.2) is 4.98 Å². The van der Waals surface area contributed by atoms with Gasteiger partial charge in [0, 0.05) is 24.3 Å². The molecule has 0 unspecified atom stereocenters. The number of aromatic nitrogens is 1. The maximum absolute atomic E-state index is 10.8. The molecule has 0 aromatic carbocycles. The summed E-state index contributed by atoms with van der Waals surface area (Å²) in [4.78, 5) is 14.5. The van der Waals surface area contributed by atoms with Gasteiger partial charge in [-0.15, -0.1) is 0 Å². The molecule has 1 aromatic rings.